The molecule has 3 aromatic rings. The Bertz CT molecular complexity index is 1160. The van der Waals surface area contributed by atoms with Crippen molar-refractivity contribution in [3.8, 4) is 0 Å². The summed E-state index contributed by atoms with van der Waals surface area (Å²) in [4.78, 5) is -0.0553. The fourth-order valence-electron chi connectivity index (χ4n) is 2.43. The molecule has 0 aliphatic rings. The van der Waals surface area contributed by atoms with E-state index in [1.807, 2.05) is 0 Å². The highest BCUT2D eigenvalue weighted by atomic mass is 35.5. The topological polar surface area (TPSA) is 116 Å². The second-order valence-corrected chi connectivity index (χ2v) is 9.33. The maximum atomic E-state index is 13.1. The standard InChI is InChI=1S/C15H13Cl2N5O2S2/c1-8(20-21-15(18)19)10-7-22(11-5-3-2-4-9(10)11)26(23,24)12-6-13(16)25-14(12)17/h2-7H,1H3,(H4,18,19,21). The van der Waals surface area contributed by atoms with Crippen molar-refractivity contribution >= 4 is 67.1 Å². The van der Waals surface area contributed by atoms with Crippen molar-refractivity contribution < 1.29 is 8.42 Å². The third-order valence-electron chi connectivity index (χ3n) is 3.55. The summed E-state index contributed by atoms with van der Waals surface area (Å²) >= 11 is 13.0. The largest absolute Gasteiger partial charge is 0.369 e. The SMILES string of the molecule is CC(=NN=C(N)N)c1cn(S(=O)(=O)c2cc(Cl)sc2Cl)c2ccccc12. The fourth-order valence-corrected chi connectivity index (χ4v) is 5.92. The van der Waals surface area contributed by atoms with Crippen molar-refractivity contribution in [2.24, 2.45) is 21.7 Å². The molecule has 2 heterocycles. The third kappa shape index (κ3) is 3.30. The lowest BCUT2D eigenvalue weighted by Crippen LogP contribution is -2.22. The van der Waals surface area contributed by atoms with Gasteiger partial charge in [0.1, 0.15) is 9.23 Å². The average Bonchev–Trinajstić information content (AvgIpc) is 3.13. The van der Waals surface area contributed by atoms with Gasteiger partial charge in [-0.25, -0.2) is 12.4 Å². The number of nitrogens with zero attached hydrogens (tertiary/aromatic N) is 3. The molecule has 7 nitrogen and oxygen atoms in total. The predicted octanol–water partition coefficient (Wildman–Crippen LogP) is 3.24. The Morgan fingerprint density at radius 3 is 2.50 bits per heavy atom. The molecule has 11 heteroatoms. The molecule has 0 spiro atoms. The van der Waals surface area contributed by atoms with Gasteiger partial charge >= 0.3 is 0 Å². The Hall–Kier alpha value is -2.07. The van der Waals surface area contributed by atoms with Crippen LogP contribution in [0, 0.1) is 0 Å². The molecule has 1 aromatic carbocycles. The summed E-state index contributed by atoms with van der Waals surface area (Å²) in [5, 5.41) is 8.24. The van der Waals surface area contributed by atoms with E-state index >= 15 is 0 Å². The minimum absolute atomic E-state index is 0.0553. The van der Waals surface area contributed by atoms with E-state index in [1.165, 1.54) is 12.3 Å². The summed E-state index contributed by atoms with van der Waals surface area (Å²) in [7, 11) is -3.95. The molecular formula is C15H13Cl2N5O2S2. The van der Waals surface area contributed by atoms with E-state index in [9.17, 15) is 8.42 Å². The Morgan fingerprint density at radius 2 is 1.88 bits per heavy atom. The number of hydrogen-bond acceptors (Lipinski definition) is 5. The van der Waals surface area contributed by atoms with Crippen LogP contribution < -0.4 is 11.5 Å². The number of benzene rings is 1. The number of aromatic nitrogens is 1. The molecule has 0 amide bonds. The van der Waals surface area contributed by atoms with Crippen molar-refractivity contribution in [2.45, 2.75) is 11.8 Å². The highest BCUT2D eigenvalue weighted by Crippen LogP contribution is 2.36. The first kappa shape index (κ1) is 18.7. The Balaban J connectivity index is 2.27. The van der Waals surface area contributed by atoms with Crippen LogP contribution >= 0.6 is 34.5 Å². The number of thiophene rings is 1. The molecule has 0 unspecified atom stereocenters. The summed E-state index contributed by atoms with van der Waals surface area (Å²) in [5.74, 6) is -0.194. The third-order valence-corrected chi connectivity index (χ3v) is 6.97. The number of halogens is 2. The van der Waals surface area contributed by atoms with Gasteiger partial charge in [0.2, 0.25) is 5.96 Å². The van der Waals surface area contributed by atoms with Crippen LogP contribution in [0.15, 0.2) is 51.6 Å². The smallest absolute Gasteiger partial charge is 0.270 e. The van der Waals surface area contributed by atoms with Gasteiger partial charge in [0.15, 0.2) is 0 Å². The number of nitrogens with two attached hydrogens (primary N) is 2. The van der Waals surface area contributed by atoms with Gasteiger partial charge in [-0.15, -0.1) is 16.4 Å². The zero-order chi connectivity index (χ0) is 19.1. The van der Waals surface area contributed by atoms with Gasteiger partial charge in [0.05, 0.1) is 15.6 Å². The number of guanidine groups is 1. The summed E-state index contributed by atoms with van der Waals surface area (Å²) in [6, 6.07) is 8.34. The second kappa shape index (κ2) is 6.92. The van der Waals surface area contributed by atoms with Crippen LogP contribution in [0.2, 0.25) is 8.67 Å². The van der Waals surface area contributed by atoms with Crippen LogP contribution in [-0.4, -0.2) is 24.1 Å². The first-order chi connectivity index (χ1) is 12.2. The zero-order valence-electron chi connectivity index (χ0n) is 13.3. The highest BCUT2D eigenvalue weighted by Gasteiger charge is 2.26. The van der Waals surface area contributed by atoms with Gasteiger partial charge < -0.3 is 11.5 Å². The molecule has 2 aromatic heterocycles. The van der Waals surface area contributed by atoms with E-state index in [0.29, 0.717) is 22.2 Å². The van der Waals surface area contributed by atoms with Gasteiger partial charge in [0, 0.05) is 17.1 Å². The minimum atomic E-state index is -3.95. The van der Waals surface area contributed by atoms with Crippen LogP contribution in [0.4, 0.5) is 0 Å². The van der Waals surface area contributed by atoms with Crippen LogP contribution in [0.3, 0.4) is 0 Å². The van der Waals surface area contributed by atoms with Gasteiger partial charge in [-0.1, -0.05) is 41.4 Å². The fraction of sp³-hybridized carbons (Fsp3) is 0.0667. The summed E-state index contributed by atoms with van der Waals surface area (Å²) in [6.45, 7) is 1.68. The van der Waals surface area contributed by atoms with Gasteiger partial charge in [-0.2, -0.15) is 5.10 Å². The lowest BCUT2D eigenvalue weighted by molar-refractivity contribution is 0.589. The Labute approximate surface area is 163 Å². The molecule has 3 rings (SSSR count). The van der Waals surface area contributed by atoms with Crippen molar-refractivity contribution in [2.75, 3.05) is 0 Å². The van der Waals surface area contributed by atoms with Gasteiger partial charge in [0.25, 0.3) is 10.0 Å². The summed E-state index contributed by atoms with van der Waals surface area (Å²) < 4.78 is 27.7. The maximum absolute atomic E-state index is 13.1. The molecule has 26 heavy (non-hydrogen) atoms. The Morgan fingerprint density at radius 1 is 1.19 bits per heavy atom. The van der Waals surface area contributed by atoms with Crippen LogP contribution in [0.25, 0.3) is 10.9 Å². The lowest BCUT2D eigenvalue weighted by Gasteiger charge is -2.06. The lowest BCUT2D eigenvalue weighted by atomic mass is 10.1. The van der Waals surface area contributed by atoms with Crippen molar-refractivity contribution in [1.29, 1.82) is 0 Å². The van der Waals surface area contributed by atoms with Gasteiger partial charge in [-0.3, -0.25) is 0 Å². The molecule has 0 saturated heterocycles. The molecule has 136 valence electrons. The molecule has 0 aliphatic heterocycles. The first-order valence-corrected chi connectivity index (χ1v) is 10.2. The predicted molar refractivity (Wildman–Crippen MR) is 107 cm³/mol. The van der Waals surface area contributed by atoms with Crippen LogP contribution in [-0.2, 0) is 10.0 Å². The number of fused-ring (bicyclic) bond motifs is 1. The molecule has 0 radical (unpaired) electrons. The normalized spacial score (nSPS) is 12.5. The van der Waals surface area contributed by atoms with Crippen LogP contribution in [0.5, 0.6) is 0 Å². The monoisotopic (exact) mass is 429 g/mol. The Kier molecular flexibility index (Phi) is 4.98. The van der Waals surface area contributed by atoms with E-state index in [-0.39, 0.29) is 19.5 Å². The van der Waals surface area contributed by atoms with E-state index in [0.717, 1.165) is 15.3 Å². The molecule has 0 aliphatic carbocycles. The number of hydrogen-bond donors (Lipinski definition) is 2. The molecule has 0 bridgehead atoms. The van der Waals surface area contributed by atoms with E-state index < -0.39 is 10.0 Å². The highest BCUT2D eigenvalue weighted by molar-refractivity contribution is 7.90. The number of rotatable bonds is 4. The number of para-hydroxylation sites is 1. The quantitative estimate of drug-likeness (QED) is 0.376. The van der Waals surface area contributed by atoms with E-state index in [1.54, 1.807) is 31.2 Å². The molecular weight excluding hydrogens is 417 g/mol. The van der Waals surface area contributed by atoms with Crippen molar-refractivity contribution in [3.63, 3.8) is 0 Å². The molecule has 4 N–H and O–H groups in total. The molecule has 0 saturated carbocycles. The summed E-state index contributed by atoms with van der Waals surface area (Å²) in [6.07, 6.45) is 1.46. The van der Waals surface area contributed by atoms with E-state index in [4.69, 9.17) is 34.7 Å². The van der Waals surface area contributed by atoms with Crippen molar-refractivity contribution in [1.82, 2.24) is 3.97 Å². The van der Waals surface area contributed by atoms with E-state index in [2.05, 4.69) is 10.2 Å². The van der Waals surface area contributed by atoms with Crippen LogP contribution in [0.1, 0.15) is 12.5 Å². The summed E-state index contributed by atoms with van der Waals surface area (Å²) in [5.41, 5.74) is 12.1. The van der Waals surface area contributed by atoms with Crippen molar-refractivity contribution in [3.05, 3.63) is 50.8 Å². The second-order valence-electron chi connectivity index (χ2n) is 5.26. The zero-order valence-corrected chi connectivity index (χ0v) is 16.5. The van der Waals surface area contributed by atoms with Gasteiger partial charge in [-0.05, 0) is 19.1 Å². The maximum Gasteiger partial charge on any atom is 0.270 e. The average molecular weight is 430 g/mol. The first-order valence-electron chi connectivity index (χ1n) is 7.16. The molecule has 0 atom stereocenters. The molecule has 0 fully saturated rings. The minimum Gasteiger partial charge on any atom is -0.369 e.